The molecule has 0 spiro atoms. The number of amides is 2. The molecule has 0 aliphatic carbocycles. The second kappa shape index (κ2) is 7.38. The Labute approximate surface area is 148 Å². The van der Waals surface area contributed by atoms with Crippen LogP contribution in [0.2, 0.25) is 0 Å². The Bertz CT molecular complexity index is 775. The summed E-state index contributed by atoms with van der Waals surface area (Å²) in [4.78, 5) is 23.3. The Morgan fingerprint density at radius 2 is 1.72 bits per heavy atom. The number of rotatable bonds is 5. The van der Waals surface area contributed by atoms with E-state index in [1.165, 1.54) is 0 Å². The smallest absolute Gasteiger partial charge is 0.248 e. The van der Waals surface area contributed by atoms with Crippen LogP contribution in [0.3, 0.4) is 0 Å². The van der Waals surface area contributed by atoms with Crippen molar-refractivity contribution in [2.24, 2.45) is 5.73 Å². The van der Waals surface area contributed by atoms with E-state index < -0.39 is 5.91 Å². The number of benzene rings is 2. The molecule has 2 aromatic carbocycles. The molecule has 2 aromatic rings. The summed E-state index contributed by atoms with van der Waals surface area (Å²) in [6, 6.07) is 12.3. The Balaban J connectivity index is 2.11. The molecule has 0 heterocycles. The molecule has 2 amide bonds. The van der Waals surface area contributed by atoms with Crippen LogP contribution in [-0.2, 0) is 16.6 Å². The summed E-state index contributed by atoms with van der Waals surface area (Å²) < 4.78 is 5.42. The molecule has 25 heavy (non-hydrogen) atoms. The highest BCUT2D eigenvalue weighted by Gasteiger charge is 2.19. The average molecular weight is 340 g/mol. The number of primary amides is 1. The molecule has 0 radical (unpaired) electrons. The molecule has 132 valence electrons. The fourth-order valence-corrected chi connectivity index (χ4v) is 2.56. The van der Waals surface area contributed by atoms with Crippen LogP contribution in [0.4, 0.5) is 5.69 Å². The predicted octanol–water partition coefficient (Wildman–Crippen LogP) is 3.27. The van der Waals surface area contributed by atoms with E-state index in [4.69, 9.17) is 10.5 Å². The van der Waals surface area contributed by atoms with Gasteiger partial charge in [-0.1, -0.05) is 32.9 Å². The molecular weight excluding hydrogens is 316 g/mol. The van der Waals surface area contributed by atoms with Crippen LogP contribution >= 0.6 is 0 Å². The minimum atomic E-state index is -0.495. The average Bonchev–Trinajstić information content (AvgIpc) is 2.54. The van der Waals surface area contributed by atoms with E-state index in [9.17, 15) is 9.59 Å². The van der Waals surface area contributed by atoms with E-state index in [-0.39, 0.29) is 17.7 Å². The van der Waals surface area contributed by atoms with E-state index in [0.29, 0.717) is 11.3 Å². The number of ether oxygens (including phenoxy) is 1. The van der Waals surface area contributed by atoms with Gasteiger partial charge < -0.3 is 15.8 Å². The Morgan fingerprint density at radius 1 is 1.08 bits per heavy atom. The zero-order chi connectivity index (χ0) is 18.6. The van der Waals surface area contributed by atoms with Gasteiger partial charge in [0.15, 0.2) is 0 Å². The fraction of sp³-hybridized carbons (Fsp3) is 0.300. The molecule has 0 unspecified atom stereocenters. The highest BCUT2D eigenvalue weighted by atomic mass is 16.5. The summed E-state index contributed by atoms with van der Waals surface area (Å²) in [5.74, 6) is 0.196. The van der Waals surface area contributed by atoms with Gasteiger partial charge in [0, 0.05) is 11.3 Å². The number of methoxy groups -OCH3 is 1. The van der Waals surface area contributed by atoms with Gasteiger partial charge in [0.05, 0.1) is 13.5 Å². The Hall–Kier alpha value is -2.82. The van der Waals surface area contributed by atoms with Gasteiger partial charge >= 0.3 is 0 Å². The zero-order valence-electron chi connectivity index (χ0n) is 15.1. The lowest BCUT2D eigenvalue weighted by Crippen LogP contribution is -2.17. The SMILES string of the molecule is COc1ccc(CC(=O)Nc2ccc(C(N)=O)cc2)cc1C(C)(C)C. The third-order valence-electron chi connectivity index (χ3n) is 3.89. The first-order chi connectivity index (χ1) is 11.7. The summed E-state index contributed by atoms with van der Waals surface area (Å²) in [6.07, 6.45) is 0.255. The summed E-state index contributed by atoms with van der Waals surface area (Å²) in [5, 5.41) is 2.82. The number of anilines is 1. The van der Waals surface area contributed by atoms with Crippen molar-refractivity contribution >= 4 is 17.5 Å². The van der Waals surface area contributed by atoms with Crippen molar-refractivity contribution < 1.29 is 14.3 Å². The molecule has 0 saturated heterocycles. The second-order valence-electron chi connectivity index (χ2n) is 6.95. The van der Waals surface area contributed by atoms with E-state index in [2.05, 4.69) is 26.1 Å². The minimum absolute atomic E-state index is 0.0809. The molecule has 5 nitrogen and oxygen atoms in total. The summed E-state index contributed by atoms with van der Waals surface area (Å²) >= 11 is 0. The van der Waals surface area contributed by atoms with Crippen molar-refractivity contribution in [3.05, 3.63) is 59.2 Å². The van der Waals surface area contributed by atoms with Crippen LogP contribution in [0, 0.1) is 0 Å². The maximum Gasteiger partial charge on any atom is 0.248 e. The number of carbonyl (C=O) groups is 2. The van der Waals surface area contributed by atoms with Crippen molar-refractivity contribution in [2.45, 2.75) is 32.6 Å². The third kappa shape index (κ3) is 4.83. The van der Waals surface area contributed by atoms with E-state index in [0.717, 1.165) is 16.9 Å². The van der Waals surface area contributed by atoms with Crippen molar-refractivity contribution in [3.8, 4) is 5.75 Å². The van der Waals surface area contributed by atoms with Gasteiger partial charge in [-0.2, -0.15) is 0 Å². The monoisotopic (exact) mass is 340 g/mol. The van der Waals surface area contributed by atoms with Crippen molar-refractivity contribution in [1.82, 2.24) is 0 Å². The first kappa shape index (κ1) is 18.5. The first-order valence-corrected chi connectivity index (χ1v) is 8.08. The van der Waals surface area contributed by atoms with Gasteiger partial charge in [-0.05, 0) is 46.9 Å². The lowest BCUT2D eigenvalue weighted by atomic mass is 9.85. The summed E-state index contributed by atoms with van der Waals surface area (Å²) in [6.45, 7) is 6.32. The maximum atomic E-state index is 12.3. The highest BCUT2D eigenvalue weighted by molar-refractivity contribution is 5.95. The highest BCUT2D eigenvalue weighted by Crippen LogP contribution is 2.32. The molecule has 0 aromatic heterocycles. The lowest BCUT2D eigenvalue weighted by Gasteiger charge is -2.23. The van der Waals surface area contributed by atoms with Crippen LogP contribution in [0.25, 0.3) is 0 Å². The molecule has 3 N–H and O–H groups in total. The molecule has 5 heteroatoms. The molecule has 0 fully saturated rings. The first-order valence-electron chi connectivity index (χ1n) is 8.08. The topological polar surface area (TPSA) is 81.4 Å². The van der Waals surface area contributed by atoms with Crippen LogP contribution in [0.1, 0.15) is 42.3 Å². The van der Waals surface area contributed by atoms with Crippen molar-refractivity contribution in [3.63, 3.8) is 0 Å². The second-order valence-corrected chi connectivity index (χ2v) is 6.95. The van der Waals surface area contributed by atoms with Crippen LogP contribution < -0.4 is 15.8 Å². The number of hydrogen-bond donors (Lipinski definition) is 2. The Kier molecular flexibility index (Phi) is 5.47. The van der Waals surface area contributed by atoms with Gasteiger partial charge in [-0.3, -0.25) is 9.59 Å². The summed E-state index contributed by atoms with van der Waals surface area (Å²) in [5.41, 5.74) is 8.13. The van der Waals surface area contributed by atoms with Crippen LogP contribution in [0.15, 0.2) is 42.5 Å². The van der Waals surface area contributed by atoms with Crippen molar-refractivity contribution in [2.75, 3.05) is 12.4 Å². The number of nitrogens with two attached hydrogens (primary N) is 1. The van der Waals surface area contributed by atoms with Crippen LogP contribution in [-0.4, -0.2) is 18.9 Å². The Morgan fingerprint density at radius 3 is 2.24 bits per heavy atom. The number of hydrogen-bond acceptors (Lipinski definition) is 3. The normalized spacial score (nSPS) is 11.0. The molecule has 0 saturated carbocycles. The summed E-state index contributed by atoms with van der Waals surface area (Å²) in [7, 11) is 1.65. The lowest BCUT2D eigenvalue weighted by molar-refractivity contribution is -0.115. The maximum absolute atomic E-state index is 12.3. The molecule has 0 aliphatic rings. The fourth-order valence-electron chi connectivity index (χ4n) is 2.56. The van der Waals surface area contributed by atoms with E-state index in [1.54, 1.807) is 31.4 Å². The van der Waals surface area contributed by atoms with E-state index in [1.807, 2.05) is 18.2 Å². The van der Waals surface area contributed by atoms with Crippen LogP contribution in [0.5, 0.6) is 5.75 Å². The number of carbonyl (C=O) groups excluding carboxylic acids is 2. The van der Waals surface area contributed by atoms with Crippen molar-refractivity contribution in [1.29, 1.82) is 0 Å². The van der Waals surface area contributed by atoms with Gasteiger partial charge in [-0.15, -0.1) is 0 Å². The van der Waals surface area contributed by atoms with Gasteiger partial charge in [0.2, 0.25) is 11.8 Å². The molecule has 0 bridgehead atoms. The molecular formula is C20H24N2O3. The predicted molar refractivity (Wildman–Crippen MR) is 99.0 cm³/mol. The third-order valence-corrected chi connectivity index (χ3v) is 3.89. The number of nitrogens with one attached hydrogen (secondary N) is 1. The minimum Gasteiger partial charge on any atom is -0.496 e. The molecule has 0 atom stereocenters. The zero-order valence-corrected chi connectivity index (χ0v) is 15.1. The largest absolute Gasteiger partial charge is 0.496 e. The standard InChI is InChI=1S/C20H24N2O3/c1-20(2,3)16-11-13(5-10-17(16)25-4)12-18(23)22-15-8-6-14(7-9-15)19(21)24/h5-11H,12H2,1-4H3,(H2,21,24)(H,22,23). The van der Waals surface area contributed by atoms with Gasteiger partial charge in [0.25, 0.3) is 0 Å². The van der Waals surface area contributed by atoms with Gasteiger partial charge in [0.1, 0.15) is 5.75 Å². The molecule has 0 aliphatic heterocycles. The molecule has 2 rings (SSSR count). The van der Waals surface area contributed by atoms with E-state index >= 15 is 0 Å². The quantitative estimate of drug-likeness (QED) is 0.876. The van der Waals surface area contributed by atoms with Gasteiger partial charge in [-0.25, -0.2) is 0 Å².